The molecular weight excluding hydrogens is 192 g/mol. The van der Waals surface area contributed by atoms with Crippen LogP contribution in [0, 0.1) is 23.2 Å². The van der Waals surface area contributed by atoms with Crippen LogP contribution in [0.3, 0.4) is 0 Å². The third-order valence-electron chi connectivity index (χ3n) is 3.54. The maximum absolute atomic E-state index is 10.5. The lowest BCUT2D eigenvalue weighted by Crippen LogP contribution is -2.51. The summed E-state index contributed by atoms with van der Waals surface area (Å²) < 4.78 is 0. The van der Waals surface area contributed by atoms with Crippen molar-refractivity contribution >= 4 is 5.97 Å². The van der Waals surface area contributed by atoms with E-state index in [-0.39, 0.29) is 11.3 Å². The maximum atomic E-state index is 10.5. The molecular formula is C12H18O3. The average Bonchev–Trinajstić information content (AvgIpc) is 2.11. The zero-order chi connectivity index (χ0) is 11.7. The van der Waals surface area contributed by atoms with Gasteiger partial charge in [-0.1, -0.05) is 33.1 Å². The number of aliphatic hydroxyl groups is 1. The first kappa shape index (κ1) is 12.1. The molecule has 3 nitrogen and oxygen atoms in total. The van der Waals surface area contributed by atoms with E-state index in [4.69, 9.17) is 5.11 Å². The van der Waals surface area contributed by atoms with Crippen molar-refractivity contribution in [2.24, 2.45) is 11.3 Å². The summed E-state index contributed by atoms with van der Waals surface area (Å²) in [5.74, 6) is 3.44. The molecule has 0 aliphatic heterocycles. The van der Waals surface area contributed by atoms with Crippen molar-refractivity contribution < 1.29 is 15.0 Å². The molecule has 15 heavy (non-hydrogen) atoms. The Morgan fingerprint density at radius 2 is 2.07 bits per heavy atom. The van der Waals surface area contributed by atoms with E-state index in [2.05, 4.69) is 11.8 Å². The predicted molar refractivity (Wildman–Crippen MR) is 57.2 cm³/mol. The van der Waals surface area contributed by atoms with Gasteiger partial charge in [0.1, 0.15) is 5.60 Å². The summed E-state index contributed by atoms with van der Waals surface area (Å²) >= 11 is 0. The molecule has 2 atom stereocenters. The highest BCUT2D eigenvalue weighted by Gasteiger charge is 2.48. The molecule has 1 fully saturated rings. The first-order valence-electron chi connectivity index (χ1n) is 5.28. The van der Waals surface area contributed by atoms with Crippen molar-refractivity contribution in [2.75, 3.05) is 0 Å². The van der Waals surface area contributed by atoms with Crippen molar-refractivity contribution in [1.29, 1.82) is 0 Å². The standard InChI is InChI=1S/C12H18O3/c1-9-5-4-7-11(2,3)12(9,15)8-6-10(13)14/h9,15H,4-5,7H2,1-3H3,(H,13,14)/t9-,12-/m1/s1. The molecule has 1 saturated carbocycles. The minimum atomic E-state index is -1.18. The predicted octanol–water partition coefficient (Wildman–Crippen LogP) is 1.65. The summed E-state index contributed by atoms with van der Waals surface area (Å²) in [4.78, 5) is 10.4. The highest BCUT2D eigenvalue weighted by atomic mass is 16.4. The molecule has 0 spiro atoms. The monoisotopic (exact) mass is 210 g/mol. The molecule has 1 aliphatic carbocycles. The Bertz CT molecular complexity index is 321. The minimum absolute atomic E-state index is 0.0214. The number of aliphatic carboxylic acids is 1. The fourth-order valence-electron chi connectivity index (χ4n) is 2.36. The molecule has 0 amide bonds. The van der Waals surface area contributed by atoms with E-state index in [9.17, 15) is 9.90 Å². The van der Waals surface area contributed by atoms with E-state index < -0.39 is 11.6 Å². The first-order valence-corrected chi connectivity index (χ1v) is 5.28. The van der Waals surface area contributed by atoms with Gasteiger partial charge in [-0.25, -0.2) is 4.79 Å². The minimum Gasteiger partial charge on any atom is -0.472 e. The van der Waals surface area contributed by atoms with E-state index in [0.717, 1.165) is 19.3 Å². The highest BCUT2D eigenvalue weighted by Crippen LogP contribution is 2.46. The lowest BCUT2D eigenvalue weighted by Gasteiger charge is -2.47. The molecule has 84 valence electrons. The molecule has 0 unspecified atom stereocenters. The second-order valence-electron chi connectivity index (χ2n) is 5.00. The molecule has 0 bridgehead atoms. The summed E-state index contributed by atoms with van der Waals surface area (Å²) in [5.41, 5.74) is -1.52. The van der Waals surface area contributed by atoms with Crippen LogP contribution in [-0.2, 0) is 4.79 Å². The lowest BCUT2D eigenvalue weighted by molar-refractivity contribution is -0.130. The van der Waals surface area contributed by atoms with Gasteiger partial charge in [-0.2, -0.15) is 0 Å². The molecule has 1 rings (SSSR count). The van der Waals surface area contributed by atoms with E-state index in [1.165, 1.54) is 0 Å². The van der Waals surface area contributed by atoms with Crippen LogP contribution in [-0.4, -0.2) is 21.8 Å². The Hall–Kier alpha value is -1.01. The Balaban J connectivity index is 3.05. The van der Waals surface area contributed by atoms with Crippen LogP contribution in [0.1, 0.15) is 40.0 Å². The van der Waals surface area contributed by atoms with Gasteiger partial charge in [0, 0.05) is 11.3 Å². The van der Waals surface area contributed by atoms with E-state index in [1.807, 2.05) is 20.8 Å². The largest absolute Gasteiger partial charge is 0.472 e. The van der Waals surface area contributed by atoms with Gasteiger partial charge in [0.15, 0.2) is 0 Å². The Morgan fingerprint density at radius 3 is 2.53 bits per heavy atom. The van der Waals surface area contributed by atoms with Gasteiger partial charge >= 0.3 is 5.97 Å². The number of hydrogen-bond acceptors (Lipinski definition) is 2. The van der Waals surface area contributed by atoms with E-state index in [0.29, 0.717) is 0 Å². The van der Waals surface area contributed by atoms with Gasteiger partial charge in [-0.15, -0.1) is 0 Å². The van der Waals surface area contributed by atoms with Crippen molar-refractivity contribution in [2.45, 2.75) is 45.6 Å². The Morgan fingerprint density at radius 1 is 1.47 bits per heavy atom. The number of carboxylic acids is 1. The van der Waals surface area contributed by atoms with Gasteiger partial charge in [-0.05, 0) is 18.8 Å². The molecule has 0 radical (unpaired) electrons. The van der Waals surface area contributed by atoms with Crippen LogP contribution in [0.2, 0.25) is 0 Å². The van der Waals surface area contributed by atoms with Crippen LogP contribution in [0.5, 0.6) is 0 Å². The van der Waals surface area contributed by atoms with E-state index in [1.54, 1.807) is 0 Å². The molecule has 0 aromatic rings. The van der Waals surface area contributed by atoms with Crippen LogP contribution in [0.4, 0.5) is 0 Å². The summed E-state index contributed by atoms with van der Waals surface area (Å²) in [7, 11) is 0. The summed E-state index contributed by atoms with van der Waals surface area (Å²) in [6.45, 7) is 5.82. The fourth-order valence-corrected chi connectivity index (χ4v) is 2.36. The highest BCUT2D eigenvalue weighted by molar-refractivity contribution is 5.86. The van der Waals surface area contributed by atoms with Crippen LogP contribution in [0.25, 0.3) is 0 Å². The quantitative estimate of drug-likeness (QED) is 0.598. The second kappa shape index (κ2) is 3.86. The zero-order valence-electron chi connectivity index (χ0n) is 9.50. The summed E-state index contributed by atoms with van der Waals surface area (Å²) in [6, 6.07) is 0. The number of carboxylic acid groups (broad SMARTS) is 1. The molecule has 3 heteroatoms. The molecule has 1 aliphatic rings. The average molecular weight is 210 g/mol. The first-order chi connectivity index (χ1) is 6.79. The zero-order valence-corrected chi connectivity index (χ0v) is 9.50. The third-order valence-corrected chi connectivity index (χ3v) is 3.54. The molecule has 0 saturated heterocycles. The van der Waals surface area contributed by atoms with Crippen LogP contribution in [0.15, 0.2) is 0 Å². The molecule has 2 N–H and O–H groups in total. The van der Waals surface area contributed by atoms with Gasteiger partial charge in [-0.3, -0.25) is 0 Å². The Labute approximate surface area is 90.5 Å². The van der Waals surface area contributed by atoms with Crippen molar-refractivity contribution in [3.8, 4) is 11.8 Å². The molecule has 0 aromatic carbocycles. The fraction of sp³-hybridized carbons (Fsp3) is 0.750. The van der Waals surface area contributed by atoms with Crippen molar-refractivity contribution in [1.82, 2.24) is 0 Å². The third kappa shape index (κ3) is 2.15. The normalized spacial score (nSPS) is 34.0. The smallest absolute Gasteiger partial charge is 0.382 e. The number of rotatable bonds is 0. The lowest BCUT2D eigenvalue weighted by atomic mass is 9.61. The van der Waals surface area contributed by atoms with Gasteiger partial charge in [0.05, 0.1) is 0 Å². The number of carbonyl (C=O) groups is 1. The van der Waals surface area contributed by atoms with Crippen LogP contribution >= 0.6 is 0 Å². The topological polar surface area (TPSA) is 57.5 Å². The van der Waals surface area contributed by atoms with Crippen LogP contribution < -0.4 is 0 Å². The molecule has 0 heterocycles. The maximum Gasteiger partial charge on any atom is 0.382 e. The second-order valence-corrected chi connectivity index (χ2v) is 5.00. The van der Waals surface area contributed by atoms with Crippen molar-refractivity contribution in [3.05, 3.63) is 0 Å². The SMILES string of the molecule is C[C@@H]1CCCC(C)(C)[C@@]1(O)C#CC(=O)O. The summed E-state index contributed by atoms with van der Waals surface area (Å²) in [6.07, 6.45) is 2.83. The summed E-state index contributed by atoms with van der Waals surface area (Å²) in [5, 5.41) is 19.0. The number of hydrogen-bond donors (Lipinski definition) is 2. The van der Waals surface area contributed by atoms with Gasteiger partial charge in [0.25, 0.3) is 0 Å². The van der Waals surface area contributed by atoms with E-state index >= 15 is 0 Å². The van der Waals surface area contributed by atoms with Gasteiger partial charge < -0.3 is 10.2 Å². The Kier molecular flexibility index (Phi) is 3.11. The van der Waals surface area contributed by atoms with Crippen molar-refractivity contribution in [3.63, 3.8) is 0 Å². The molecule has 0 aromatic heterocycles. The van der Waals surface area contributed by atoms with Gasteiger partial charge in [0.2, 0.25) is 0 Å².